The van der Waals surface area contributed by atoms with E-state index >= 15 is 0 Å². The van der Waals surface area contributed by atoms with E-state index in [0.717, 1.165) is 6.04 Å². The molecular weight excluding hydrogens is 265 g/mol. The van der Waals surface area contributed by atoms with E-state index in [-0.39, 0.29) is 21.5 Å². The molecule has 2 unspecified atom stereocenters. The van der Waals surface area contributed by atoms with Gasteiger partial charge in [-0.15, -0.1) is 0 Å². The molecule has 1 saturated heterocycles. The summed E-state index contributed by atoms with van der Waals surface area (Å²) in [6.45, 7) is 1.25. The van der Waals surface area contributed by atoms with E-state index in [1.807, 2.05) is 6.20 Å². The molecule has 4 heteroatoms. The molecule has 0 aromatic carbocycles. The number of hydrogen-bond donors (Lipinski definition) is 0. The number of hydrogen-bond acceptors (Lipinski definition) is 2. The fourth-order valence-electron chi connectivity index (χ4n) is 2.30. The van der Waals surface area contributed by atoms with Crippen LogP contribution in [0.4, 0.5) is 0 Å². The van der Waals surface area contributed by atoms with Crippen molar-refractivity contribution in [1.29, 1.82) is 0 Å². The second kappa shape index (κ2) is 2.45. The second-order valence-electron chi connectivity index (χ2n) is 3.36. The molecule has 3 heterocycles. The van der Waals surface area contributed by atoms with Crippen LogP contribution >= 0.6 is 0 Å². The minimum atomic E-state index is 0.273. The van der Waals surface area contributed by atoms with Gasteiger partial charge >= 0.3 is 82.3 Å². The monoisotopic (exact) mass is 276 g/mol. The number of aromatic nitrogens is 2. The second-order valence-corrected chi connectivity index (χ2v) is 5.56. The fraction of sp³-hybridized carbons (Fsp3) is 0.625. The number of nitrogens with zero attached hydrogens (tertiary/aromatic N) is 3. The predicted molar refractivity (Wildman–Crippen MR) is 41.3 cm³/mol. The standard InChI is InChI=1S/C8H11IN3/c1-9-11-5-6-4-8(11)7-2-3-10-12(6)7/h2-3,6,8H,4-5H2,1H3/q-1. The zero-order valence-corrected chi connectivity index (χ0v) is 9.10. The average molecular weight is 276 g/mol. The Morgan fingerprint density at radius 2 is 2.58 bits per heavy atom. The first-order valence-electron chi connectivity index (χ1n) is 4.20. The van der Waals surface area contributed by atoms with Gasteiger partial charge in [-0.05, 0) is 0 Å². The summed E-state index contributed by atoms with van der Waals surface area (Å²) in [4.78, 5) is 2.35. The van der Waals surface area contributed by atoms with Crippen LogP contribution in [0.1, 0.15) is 24.2 Å². The van der Waals surface area contributed by atoms with Crippen LogP contribution in [-0.2, 0) is 0 Å². The zero-order valence-electron chi connectivity index (χ0n) is 6.94. The zero-order chi connectivity index (χ0) is 8.13. The Morgan fingerprint density at radius 1 is 1.67 bits per heavy atom. The van der Waals surface area contributed by atoms with Crippen LogP contribution in [0.2, 0.25) is 0 Å². The Hall–Kier alpha value is -0.100. The molecule has 12 heavy (non-hydrogen) atoms. The van der Waals surface area contributed by atoms with Crippen molar-refractivity contribution in [2.24, 2.45) is 0 Å². The van der Waals surface area contributed by atoms with Crippen LogP contribution in [0.5, 0.6) is 0 Å². The maximum absolute atomic E-state index is 4.35. The third kappa shape index (κ3) is 0.771. The predicted octanol–water partition coefficient (Wildman–Crippen LogP) is -2.18. The van der Waals surface area contributed by atoms with E-state index in [4.69, 9.17) is 0 Å². The average Bonchev–Trinajstić information content (AvgIpc) is 2.75. The molecule has 2 bridgehead atoms. The molecule has 0 N–H and O–H groups in total. The fourth-order valence-corrected chi connectivity index (χ4v) is 4.33. The summed E-state index contributed by atoms with van der Waals surface area (Å²) in [7, 11) is 0. The normalized spacial score (nSPS) is 33.1. The van der Waals surface area contributed by atoms with Crippen molar-refractivity contribution in [3.8, 4) is 0 Å². The topological polar surface area (TPSA) is 21.1 Å². The minimum absolute atomic E-state index is 0.273. The van der Waals surface area contributed by atoms with Crippen molar-refractivity contribution in [3.63, 3.8) is 0 Å². The van der Waals surface area contributed by atoms with E-state index in [1.54, 1.807) is 0 Å². The van der Waals surface area contributed by atoms with Crippen LogP contribution in [0.15, 0.2) is 12.3 Å². The molecule has 0 spiro atoms. The summed E-state index contributed by atoms with van der Waals surface area (Å²) < 4.78 is 4.88. The summed E-state index contributed by atoms with van der Waals surface area (Å²) in [5, 5.41) is 4.35. The van der Waals surface area contributed by atoms with Crippen LogP contribution in [0.25, 0.3) is 0 Å². The summed E-state index contributed by atoms with van der Waals surface area (Å²) in [5.41, 5.74) is 1.45. The molecule has 2 aliphatic heterocycles. The molecular formula is C8H11IN3-. The molecule has 0 saturated carbocycles. The van der Waals surface area contributed by atoms with E-state index in [9.17, 15) is 0 Å². The number of fused-ring (bicyclic) bond motifs is 5. The van der Waals surface area contributed by atoms with Crippen LogP contribution < -0.4 is 21.5 Å². The van der Waals surface area contributed by atoms with Gasteiger partial charge < -0.3 is 0 Å². The van der Waals surface area contributed by atoms with E-state index in [0.29, 0.717) is 6.04 Å². The summed E-state index contributed by atoms with van der Waals surface area (Å²) in [6, 6.07) is 3.59. The number of halogens is 1. The molecule has 0 radical (unpaired) electrons. The third-order valence-electron chi connectivity index (χ3n) is 2.82. The number of rotatable bonds is 1. The van der Waals surface area contributed by atoms with Gasteiger partial charge in [-0.1, -0.05) is 0 Å². The third-order valence-corrected chi connectivity index (χ3v) is 5.13. The van der Waals surface area contributed by atoms with E-state index < -0.39 is 0 Å². The first-order chi connectivity index (χ1) is 5.90. The van der Waals surface area contributed by atoms with Gasteiger partial charge in [0.1, 0.15) is 0 Å². The van der Waals surface area contributed by atoms with Crippen molar-refractivity contribution >= 4 is 0 Å². The van der Waals surface area contributed by atoms with Gasteiger partial charge in [0.15, 0.2) is 0 Å². The van der Waals surface area contributed by atoms with Gasteiger partial charge in [-0.25, -0.2) is 0 Å². The van der Waals surface area contributed by atoms with Crippen LogP contribution in [-0.4, -0.2) is 24.4 Å². The Morgan fingerprint density at radius 3 is 3.42 bits per heavy atom. The van der Waals surface area contributed by atoms with Gasteiger partial charge in [-0.2, -0.15) is 0 Å². The van der Waals surface area contributed by atoms with Crippen LogP contribution in [0.3, 0.4) is 0 Å². The molecule has 1 fully saturated rings. The van der Waals surface area contributed by atoms with Crippen LogP contribution in [0, 0.1) is 0 Å². The molecule has 0 aliphatic carbocycles. The molecule has 2 aliphatic rings. The Labute approximate surface area is 82.4 Å². The van der Waals surface area contributed by atoms with Gasteiger partial charge in [0.05, 0.1) is 0 Å². The molecule has 2 atom stereocenters. The van der Waals surface area contributed by atoms with Crippen molar-refractivity contribution in [2.45, 2.75) is 18.5 Å². The molecule has 1 aromatic rings. The Bertz CT molecular complexity index is 309. The molecule has 3 rings (SSSR count). The Kier molecular flexibility index (Phi) is 1.49. The molecule has 3 nitrogen and oxygen atoms in total. The molecule has 0 amide bonds. The van der Waals surface area contributed by atoms with E-state index in [2.05, 4.69) is 23.9 Å². The van der Waals surface area contributed by atoms with Crippen molar-refractivity contribution < 1.29 is 21.5 Å². The quantitative estimate of drug-likeness (QED) is 0.330. The number of alkyl halides is 1. The summed E-state index contributed by atoms with van der Waals surface area (Å²) in [6.07, 6.45) is 3.25. The molecule has 66 valence electrons. The SMILES string of the molecule is C[I-]N1CC2CC1c1ccnn12. The van der Waals surface area contributed by atoms with Gasteiger partial charge in [0, 0.05) is 0 Å². The van der Waals surface area contributed by atoms with Gasteiger partial charge in [0.2, 0.25) is 0 Å². The Balaban J connectivity index is 2.05. The van der Waals surface area contributed by atoms with Gasteiger partial charge in [0.25, 0.3) is 0 Å². The van der Waals surface area contributed by atoms with Crippen molar-refractivity contribution in [2.75, 3.05) is 11.5 Å². The first-order valence-corrected chi connectivity index (χ1v) is 7.32. The summed E-state index contributed by atoms with van der Waals surface area (Å²) >= 11 is 0.273. The van der Waals surface area contributed by atoms with Crippen molar-refractivity contribution in [1.82, 2.24) is 12.9 Å². The maximum atomic E-state index is 4.35. The first kappa shape index (κ1) is 7.32. The molecule has 1 aromatic heterocycles. The van der Waals surface area contributed by atoms with Crippen molar-refractivity contribution in [3.05, 3.63) is 18.0 Å². The van der Waals surface area contributed by atoms with E-state index in [1.165, 1.54) is 18.7 Å². The summed E-state index contributed by atoms with van der Waals surface area (Å²) in [5.74, 6) is 0. The van der Waals surface area contributed by atoms with Gasteiger partial charge in [-0.3, -0.25) is 0 Å².